The number of nitrogens with two attached hydrogens (primary N) is 1. The summed E-state index contributed by atoms with van der Waals surface area (Å²) in [5.41, 5.74) is 7.59. The molecule has 0 aliphatic rings. The van der Waals surface area contributed by atoms with Gasteiger partial charge in [-0.3, -0.25) is 0 Å². The van der Waals surface area contributed by atoms with E-state index in [4.69, 9.17) is 5.73 Å². The zero-order valence-corrected chi connectivity index (χ0v) is 8.65. The van der Waals surface area contributed by atoms with Crippen LogP contribution in [-0.4, -0.2) is 14.6 Å². The third-order valence-corrected chi connectivity index (χ3v) is 2.13. The number of nitrogen functional groups attached to an aromatic ring is 1. The number of imidazole rings is 1. The van der Waals surface area contributed by atoms with Gasteiger partial charge in [0, 0.05) is 11.6 Å². The fourth-order valence-electron chi connectivity index (χ4n) is 1.61. The Bertz CT molecular complexity index is 464. The lowest BCUT2D eigenvalue weighted by Gasteiger charge is -2.17. The molecule has 0 bridgehead atoms. The summed E-state index contributed by atoms with van der Waals surface area (Å²) in [6.07, 6.45) is 1.74. The van der Waals surface area contributed by atoms with Gasteiger partial charge in [-0.1, -0.05) is 20.8 Å². The molecule has 4 heteroatoms. The Labute approximate surface area is 82.8 Å². The van der Waals surface area contributed by atoms with Gasteiger partial charge in [-0.05, 0) is 12.1 Å². The molecule has 0 amide bonds. The summed E-state index contributed by atoms with van der Waals surface area (Å²) in [4.78, 5) is 4.26. The predicted molar refractivity (Wildman–Crippen MR) is 56.1 cm³/mol. The standard InChI is InChI=1S/C10H14N4/c1-10(2,3)8-9(11)13-7-5-4-6-12-14(7)8/h4-6H,11H2,1-3H3. The van der Waals surface area contributed by atoms with Gasteiger partial charge >= 0.3 is 0 Å². The fraction of sp³-hybridized carbons (Fsp3) is 0.400. The Balaban J connectivity index is 2.81. The number of fused-ring (bicyclic) bond motifs is 1. The summed E-state index contributed by atoms with van der Waals surface area (Å²) >= 11 is 0. The molecule has 0 atom stereocenters. The maximum absolute atomic E-state index is 5.87. The Morgan fingerprint density at radius 3 is 2.71 bits per heavy atom. The highest BCUT2D eigenvalue weighted by Gasteiger charge is 2.23. The van der Waals surface area contributed by atoms with Crippen molar-refractivity contribution in [2.24, 2.45) is 0 Å². The van der Waals surface area contributed by atoms with Crippen molar-refractivity contribution in [1.29, 1.82) is 0 Å². The zero-order valence-electron chi connectivity index (χ0n) is 8.65. The first-order valence-electron chi connectivity index (χ1n) is 4.60. The molecular weight excluding hydrogens is 176 g/mol. The van der Waals surface area contributed by atoms with Gasteiger partial charge in [-0.2, -0.15) is 5.10 Å². The van der Waals surface area contributed by atoms with Gasteiger partial charge in [0.05, 0.1) is 5.69 Å². The third kappa shape index (κ3) is 1.23. The van der Waals surface area contributed by atoms with E-state index in [2.05, 4.69) is 30.9 Å². The van der Waals surface area contributed by atoms with Crippen LogP contribution < -0.4 is 5.73 Å². The van der Waals surface area contributed by atoms with Gasteiger partial charge in [-0.25, -0.2) is 9.50 Å². The van der Waals surface area contributed by atoms with Crippen molar-refractivity contribution >= 4 is 11.5 Å². The Morgan fingerprint density at radius 2 is 2.07 bits per heavy atom. The van der Waals surface area contributed by atoms with E-state index in [0.29, 0.717) is 5.82 Å². The van der Waals surface area contributed by atoms with Crippen LogP contribution in [0.4, 0.5) is 5.82 Å². The molecule has 2 aromatic rings. The van der Waals surface area contributed by atoms with Gasteiger partial charge in [0.2, 0.25) is 0 Å². The molecule has 4 nitrogen and oxygen atoms in total. The number of aromatic nitrogens is 3. The van der Waals surface area contributed by atoms with Crippen molar-refractivity contribution in [3.63, 3.8) is 0 Å². The molecule has 14 heavy (non-hydrogen) atoms. The van der Waals surface area contributed by atoms with Crippen LogP contribution >= 0.6 is 0 Å². The highest BCUT2D eigenvalue weighted by Crippen LogP contribution is 2.27. The third-order valence-electron chi connectivity index (χ3n) is 2.13. The summed E-state index contributed by atoms with van der Waals surface area (Å²) in [6.45, 7) is 6.30. The molecule has 0 spiro atoms. The lowest BCUT2D eigenvalue weighted by atomic mass is 9.92. The van der Waals surface area contributed by atoms with E-state index < -0.39 is 0 Å². The highest BCUT2D eigenvalue weighted by molar-refractivity contribution is 5.52. The molecule has 2 N–H and O–H groups in total. The van der Waals surface area contributed by atoms with Crippen LogP contribution in [0.2, 0.25) is 0 Å². The van der Waals surface area contributed by atoms with E-state index >= 15 is 0 Å². The maximum Gasteiger partial charge on any atom is 0.156 e. The minimum absolute atomic E-state index is 0.0438. The quantitative estimate of drug-likeness (QED) is 0.686. The van der Waals surface area contributed by atoms with E-state index in [1.54, 1.807) is 10.7 Å². The minimum Gasteiger partial charge on any atom is -0.382 e. The summed E-state index contributed by atoms with van der Waals surface area (Å²) in [5, 5.41) is 4.24. The van der Waals surface area contributed by atoms with Crippen molar-refractivity contribution in [1.82, 2.24) is 14.6 Å². The molecule has 0 aliphatic carbocycles. The Hall–Kier alpha value is -1.58. The van der Waals surface area contributed by atoms with Gasteiger partial charge in [0.15, 0.2) is 5.65 Å². The molecular formula is C10H14N4. The van der Waals surface area contributed by atoms with Gasteiger partial charge in [0.25, 0.3) is 0 Å². The zero-order chi connectivity index (χ0) is 10.3. The molecule has 0 saturated carbocycles. The molecule has 0 unspecified atom stereocenters. The average Bonchev–Trinajstić information content (AvgIpc) is 2.38. The molecule has 2 rings (SSSR count). The number of anilines is 1. The van der Waals surface area contributed by atoms with Crippen LogP contribution in [0.25, 0.3) is 5.65 Å². The molecule has 0 aromatic carbocycles. The molecule has 2 aromatic heterocycles. The van der Waals surface area contributed by atoms with Crippen molar-refractivity contribution in [3.8, 4) is 0 Å². The highest BCUT2D eigenvalue weighted by atomic mass is 15.3. The smallest absolute Gasteiger partial charge is 0.156 e. The second-order valence-corrected chi connectivity index (χ2v) is 4.39. The van der Waals surface area contributed by atoms with Crippen LogP contribution in [-0.2, 0) is 5.41 Å². The second-order valence-electron chi connectivity index (χ2n) is 4.39. The lowest BCUT2D eigenvalue weighted by molar-refractivity contribution is 0.553. The minimum atomic E-state index is -0.0438. The summed E-state index contributed by atoms with van der Waals surface area (Å²) in [6, 6.07) is 3.76. The van der Waals surface area contributed by atoms with Crippen molar-refractivity contribution in [3.05, 3.63) is 24.0 Å². The first-order valence-corrected chi connectivity index (χ1v) is 4.60. The van der Waals surface area contributed by atoms with Gasteiger partial charge < -0.3 is 5.73 Å². The summed E-state index contributed by atoms with van der Waals surface area (Å²) in [7, 11) is 0. The lowest BCUT2D eigenvalue weighted by Crippen LogP contribution is -2.17. The van der Waals surface area contributed by atoms with Crippen LogP contribution in [0.5, 0.6) is 0 Å². The van der Waals surface area contributed by atoms with E-state index in [1.165, 1.54) is 0 Å². The van der Waals surface area contributed by atoms with Crippen LogP contribution in [0.15, 0.2) is 18.3 Å². The van der Waals surface area contributed by atoms with E-state index in [-0.39, 0.29) is 5.41 Å². The molecule has 74 valence electrons. The average molecular weight is 190 g/mol. The molecule has 0 saturated heterocycles. The SMILES string of the molecule is CC(C)(C)c1c(N)nc2cccnn12. The summed E-state index contributed by atoms with van der Waals surface area (Å²) in [5.74, 6) is 0.566. The van der Waals surface area contributed by atoms with Gasteiger partial charge in [-0.15, -0.1) is 0 Å². The molecule has 0 fully saturated rings. The second kappa shape index (κ2) is 2.70. The number of hydrogen-bond acceptors (Lipinski definition) is 3. The van der Waals surface area contributed by atoms with Crippen molar-refractivity contribution < 1.29 is 0 Å². The largest absolute Gasteiger partial charge is 0.382 e. The van der Waals surface area contributed by atoms with Crippen LogP contribution in [0.3, 0.4) is 0 Å². The molecule has 0 aliphatic heterocycles. The number of rotatable bonds is 0. The first-order chi connectivity index (χ1) is 6.50. The summed E-state index contributed by atoms with van der Waals surface area (Å²) < 4.78 is 1.80. The van der Waals surface area contributed by atoms with Crippen LogP contribution in [0, 0.1) is 0 Å². The van der Waals surface area contributed by atoms with Gasteiger partial charge in [0.1, 0.15) is 5.82 Å². The molecule has 0 radical (unpaired) electrons. The number of nitrogens with zero attached hydrogens (tertiary/aromatic N) is 3. The topological polar surface area (TPSA) is 56.2 Å². The van der Waals surface area contributed by atoms with E-state index in [0.717, 1.165) is 11.3 Å². The van der Waals surface area contributed by atoms with Crippen molar-refractivity contribution in [2.45, 2.75) is 26.2 Å². The Kier molecular flexibility index (Phi) is 1.74. The number of hydrogen-bond donors (Lipinski definition) is 1. The first kappa shape index (κ1) is 8.99. The van der Waals surface area contributed by atoms with Crippen molar-refractivity contribution in [2.75, 3.05) is 5.73 Å². The van der Waals surface area contributed by atoms with E-state index in [9.17, 15) is 0 Å². The van der Waals surface area contributed by atoms with E-state index in [1.807, 2.05) is 12.1 Å². The molecule has 2 heterocycles. The maximum atomic E-state index is 5.87. The van der Waals surface area contributed by atoms with Crippen LogP contribution in [0.1, 0.15) is 26.5 Å². The normalized spacial score (nSPS) is 12.2. The predicted octanol–water partition coefficient (Wildman–Crippen LogP) is 1.61. The monoisotopic (exact) mass is 190 g/mol. The Morgan fingerprint density at radius 1 is 1.36 bits per heavy atom. The fourth-order valence-corrected chi connectivity index (χ4v) is 1.61.